The molecule has 2 fully saturated rings. The van der Waals surface area contributed by atoms with Crippen LogP contribution in [0.25, 0.3) is 32.6 Å². The molecule has 0 aliphatic carbocycles. The number of nitrogens with zero attached hydrogens (tertiary/aromatic N) is 4. The molecule has 7 atom stereocenters. The monoisotopic (exact) mass is 962 g/mol. The first-order chi connectivity index (χ1) is 33.2. The molecule has 2 aliphatic rings. The quantitative estimate of drug-likeness (QED) is 0.101. The molecule has 3 aromatic heterocycles. The number of carbonyl (C=O) groups is 8. The molecule has 10 N–H and O–H groups in total. The number of rotatable bonds is 10. The van der Waals surface area contributed by atoms with Crippen molar-refractivity contribution in [2.75, 3.05) is 13.1 Å². The molecular weight excluding hydrogens is 905 g/mol. The highest BCUT2D eigenvalue weighted by molar-refractivity contribution is 7.13. The van der Waals surface area contributed by atoms with Gasteiger partial charge >= 0.3 is 0 Å². The molecule has 0 radical (unpaired) electrons. The number of carbonyl (C=O) groups excluding carboxylic acids is 8. The predicted molar refractivity (Wildman–Crippen MR) is 256 cm³/mol. The molecule has 69 heavy (non-hydrogen) atoms. The molecular formula is C48H58N12O8S. The second-order valence-corrected chi connectivity index (χ2v) is 18.6. The molecule has 2 saturated heterocycles. The molecule has 364 valence electrons. The van der Waals surface area contributed by atoms with E-state index in [4.69, 9.17) is 11.5 Å². The summed E-state index contributed by atoms with van der Waals surface area (Å²) in [6.07, 6.45) is 3.59. The largest absolute Gasteiger partial charge is 0.370 e. The number of nitrogens with one attached hydrogen (secondary N) is 6. The molecule has 0 spiro atoms. The normalized spacial score (nSPS) is 23.2. The van der Waals surface area contributed by atoms with E-state index in [0.29, 0.717) is 30.5 Å². The fourth-order valence-corrected chi connectivity index (χ4v) is 9.43. The molecule has 2 aromatic carbocycles. The third-order valence-corrected chi connectivity index (χ3v) is 13.7. The average Bonchev–Trinajstić information content (AvgIpc) is 4.19. The maximum absolute atomic E-state index is 15.1. The van der Waals surface area contributed by atoms with Crippen LogP contribution in [0.4, 0.5) is 0 Å². The Morgan fingerprint density at radius 2 is 1.58 bits per heavy atom. The summed E-state index contributed by atoms with van der Waals surface area (Å²) in [7, 11) is 0. The lowest BCUT2D eigenvalue weighted by atomic mass is 9.96. The first kappa shape index (κ1) is 49.5. The minimum atomic E-state index is -1.49. The average molecular weight is 963 g/mol. The van der Waals surface area contributed by atoms with Crippen molar-refractivity contribution < 1.29 is 38.4 Å². The Morgan fingerprint density at radius 1 is 0.841 bits per heavy atom. The standard InChI is InChI=1S/C48H58N12O8S/c1-3-27(2)43-48(68)59-25-31(60-26-37(57-58-60)28-13-15-29(16-14-28)39-12-8-20-69-39)22-38(59)47(67)55-35(21-30-24-52-33-10-5-4-9-32(30)33)45(65)54-34(44(50)64)11-6-7-19-51-41(62)17-18-42(63)53-36(23-40(49)61)46(66)56-43/h4-5,8-10,12-16,20,24,26-27,31,34-36,38,43,52H,3,6-7,11,17-19,21-23,25H2,1-2H3,(H2,49,61)(H2,50,64)(H,51,62)(H,53,63)(H,54,65)(H,55,67)(H,56,66)/t27-,31-,34-,35-,36-,38-,43-/m0/s1. The fraction of sp³-hybridized carbons (Fsp3) is 0.417. The van der Waals surface area contributed by atoms with Crippen molar-refractivity contribution in [3.05, 3.63) is 84.0 Å². The number of hydrogen-bond donors (Lipinski definition) is 8. The molecule has 5 aromatic rings. The predicted octanol–water partition coefficient (Wildman–Crippen LogP) is 1.97. The number of hydrogen-bond acceptors (Lipinski definition) is 11. The van der Waals surface area contributed by atoms with Gasteiger partial charge in [0.2, 0.25) is 47.3 Å². The minimum Gasteiger partial charge on any atom is -0.370 e. The van der Waals surface area contributed by atoms with E-state index in [9.17, 15) is 33.6 Å². The molecule has 5 heterocycles. The Bertz CT molecular complexity index is 2670. The van der Waals surface area contributed by atoms with Crippen LogP contribution < -0.4 is 38.1 Å². The van der Waals surface area contributed by atoms with Crippen LogP contribution in [-0.4, -0.2) is 115 Å². The van der Waals surface area contributed by atoms with Gasteiger partial charge in [0.15, 0.2) is 0 Å². The highest BCUT2D eigenvalue weighted by Crippen LogP contribution is 2.32. The van der Waals surface area contributed by atoms with Crippen LogP contribution in [0.2, 0.25) is 0 Å². The lowest BCUT2D eigenvalue weighted by Crippen LogP contribution is -2.60. The van der Waals surface area contributed by atoms with Crippen LogP contribution in [-0.2, 0) is 44.8 Å². The Hall–Kier alpha value is -7.42. The summed E-state index contributed by atoms with van der Waals surface area (Å²) < 4.78 is 1.59. The van der Waals surface area contributed by atoms with E-state index >= 15 is 4.79 Å². The number of fused-ring (bicyclic) bond motifs is 2. The van der Waals surface area contributed by atoms with Crippen molar-refractivity contribution in [1.82, 2.24) is 51.5 Å². The molecule has 8 amide bonds. The summed E-state index contributed by atoms with van der Waals surface area (Å²) in [6, 6.07) is 12.3. The second-order valence-electron chi connectivity index (χ2n) is 17.6. The minimum absolute atomic E-state index is 0.0145. The van der Waals surface area contributed by atoms with Crippen molar-refractivity contribution in [3.63, 3.8) is 0 Å². The number of aromatic nitrogens is 4. The third kappa shape index (κ3) is 12.4. The summed E-state index contributed by atoms with van der Waals surface area (Å²) in [6.45, 7) is 3.68. The van der Waals surface area contributed by atoms with Gasteiger partial charge in [-0.15, -0.1) is 16.4 Å². The number of aromatic amines is 1. The van der Waals surface area contributed by atoms with E-state index < -0.39 is 95.8 Å². The highest BCUT2D eigenvalue weighted by atomic mass is 32.1. The van der Waals surface area contributed by atoms with Crippen molar-refractivity contribution >= 4 is 69.5 Å². The van der Waals surface area contributed by atoms with Gasteiger partial charge in [-0.05, 0) is 53.8 Å². The summed E-state index contributed by atoms with van der Waals surface area (Å²) in [5.74, 6) is -6.28. The van der Waals surface area contributed by atoms with E-state index in [-0.39, 0.29) is 45.2 Å². The zero-order valence-electron chi connectivity index (χ0n) is 38.4. The van der Waals surface area contributed by atoms with Crippen LogP contribution in [0.15, 0.2) is 78.4 Å². The van der Waals surface area contributed by atoms with Gasteiger partial charge in [0.05, 0.1) is 18.7 Å². The van der Waals surface area contributed by atoms with Crippen LogP contribution in [0.1, 0.15) is 76.8 Å². The lowest BCUT2D eigenvalue weighted by molar-refractivity contribution is -0.143. The molecule has 0 bridgehead atoms. The topological polar surface area (TPSA) is 298 Å². The zero-order valence-corrected chi connectivity index (χ0v) is 39.3. The zero-order chi connectivity index (χ0) is 49.2. The molecule has 20 nitrogen and oxygen atoms in total. The Morgan fingerprint density at radius 3 is 2.30 bits per heavy atom. The van der Waals surface area contributed by atoms with Gasteiger partial charge < -0.3 is 47.9 Å². The van der Waals surface area contributed by atoms with E-state index in [0.717, 1.165) is 26.9 Å². The Balaban J connectivity index is 1.24. The number of thiophene rings is 1. The van der Waals surface area contributed by atoms with Gasteiger partial charge in [-0.25, -0.2) is 4.68 Å². The molecule has 21 heteroatoms. The number of para-hydroxylation sites is 1. The number of benzene rings is 2. The summed E-state index contributed by atoms with van der Waals surface area (Å²) in [4.78, 5) is 115. The van der Waals surface area contributed by atoms with Gasteiger partial charge in [-0.2, -0.15) is 0 Å². The molecule has 7 rings (SSSR count). The van der Waals surface area contributed by atoms with Gasteiger partial charge in [0.1, 0.15) is 35.9 Å². The number of amides is 8. The van der Waals surface area contributed by atoms with E-state index in [1.165, 1.54) is 4.90 Å². The third-order valence-electron chi connectivity index (χ3n) is 12.8. The smallest absolute Gasteiger partial charge is 0.246 e. The highest BCUT2D eigenvalue weighted by Gasteiger charge is 2.45. The lowest BCUT2D eigenvalue weighted by Gasteiger charge is -2.32. The van der Waals surface area contributed by atoms with E-state index in [1.54, 1.807) is 35.3 Å². The van der Waals surface area contributed by atoms with E-state index in [1.807, 2.05) is 73.0 Å². The van der Waals surface area contributed by atoms with Gasteiger partial charge in [-0.3, -0.25) is 38.4 Å². The van der Waals surface area contributed by atoms with Crippen molar-refractivity contribution in [2.45, 2.75) is 108 Å². The van der Waals surface area contributed by atoms with Gasteiger partial charge in [-0.1, -0.05) is 74.0 Å². The van der Waals surface area contributed by atoms with Crippen LogP contribution >= 0.6 is 11.3 Å². The molecule has 2 aliphatic heterocycles. The number of H-pyrrole nitrogens is 1. The summed E-state index contributed by atoms with van der Waals surface area (Å²) in [5, 5.41) is 25.3. The van der Waals surface area contributed by atoms with Crippen LogP contribution in [0.5, 0.6) is 0 Å². The first-order valence-corrected chi connectivity index (χ1v) is 24.0. The molecule has 0 unspecified atom stereocenters. The number of primary amides is 2. The van der Waals surface area contributed by atoms with E-state index in [2.05, 4.69) is 41.9 Å². The summed E-state index contributed by atoms with van der Waals surface area (Å²) in [5.41, 5.74) is 15.2. The maximum Gasteiger partial charge on any atom is 0.246 e. The van der Waals surface area contributed by atoms with Crippen LogP contribution in [0.3, 0.4) is 0 Å². The molecule has 0 saturated carbocycles. The maximum atomic E-state index is 15.1. The fourth-order valence-electron chi connectivity index (χ4n) is 8.70. The van der Waals surface area contributed by atoms with Crippen molar-refractivity contribution in [2.24, 2.45) is 17.4 Å². The van der Waals surface area contributed by atoms with Crippen molar-refractivity contribution in [1.29, 1.82) is 0 Å². The van der Waals surface area contributed by atoms with Gasteiger partial charge in [0, 0.05) is 66.3 Å². The van der Waals surface area contributed by atoms with Crippen LogP contribution in [0, 0.1) is 5.92 Å². The SMILES string of the molecule is CC[C@H](C)[C@@H]1NC(=O)[C@H](CC(N)=O)NC(=O)CCC(=O)NCCCC[C@@H](C(N)=O)NC(=O)[C@H](Cc2c[nH]c3ccccc23)NC(=O)[C@@H]2C[C@H](n3cc(-c4ccc(-c5cccs5)cc4)nn3)CN2C1=O. The second kappa shape index (κ2) is 22.6. The summed E-state index contributed by atoms with van der Waals surface area (Å²) >= 11 is 1.62. The number of nitrogens with two attached hydrogens (primary N) is 2. The van der Waals surface area contributed by atoms with Gasteiger partial charge in [0.25, 0.3) is 0 Å². The first-order valence-electron chi connectivity index (χ1n) is 23.1. The Labute approximate surface area is 402 Å². The Kier molecular flexibility index (Phi) is 16.2. The van der Waals surface area contributed by atoms with Crippen molar-refractivity contribution in [3.8, 4) is 21.7 Å².